The van der Waals surface area contributed by atoms with Gasteiger partial charge in [-0.2, -0.15) is 9.61 Å². The minimum Gasteiger partial charge on any atom is -0.444 e. The summed E-state index contributed by atoms with van der Waals surface area (Å²) in [6.45, 7) is 9.00. The van der Waals surface area contributed by atoms with Crippen LogP contribution in [0.1, 0.15) is 39.3 Å². The zero-order chi connectivity index (χ0) is 25.4. The zero-order valence-electron chi connectivity index (χ0n) is 20.5. The van der Waals surface area contributed by atoms with E-state index >= 15 is 0 Å². The maximum atomic E-state index is 14.6. The molecule has 188 valence electrons. The van der Waals surface area contributed by atoms with Gasteiger partial charge >= 0.3 is 6.09 Å². The Hall–Kier alpha value is -3.54. The fourth-order valence-corrected chi connectivity index (χ4v) is 5.60. The molecule has 0 aromatic carbocycles. The van der Waals surface area contributed by atoms with Gasteiger partial charge in [0.15, 0.2) is 11.5 Å². The van der Waals surface area contributed by atoms with Gasteiger partial charge in [0.05, 0.1) is 11.2 Å². The maximum Gasteiger partial charge on any atom is 0.410 e. The number of fused-ring (bicyclic) bond motifs is 2. The van der Waals surface area contributed by atoms with Crippen molar-refractivity contribution < 1.29 is 13.9 Å². The zero-order valence-corrected chi connectivity index (χ0v) is 21.3. The van der Waals surface area contributed by atoms with Crippen molar-refractivity contribution in [1.82, 2.24) is 28.9 Å². The summed E-state index contributed by atoms with van der Waals surface area (Å²) in [6.07, 6.45) is 4.96. The molecule has 12 heteroatoms. The van der Waals surface area contributed by atoms with Crippen molar-refractivity contribution in [3.8, 4) is 10.6 Å². The number of hydrogen-bond donors (Lipinski definition) is 0. The Morgan fingerprint density at radius 3 is 2.67 bits per heavy atom. The van der Waals surface area contributed by atoms with Gasteiger partial charge in [-0.25, -0.2) is 19.2 Å². The highest BCUT2D eigenvalue weighted by Gasteiger charge is 2.54. The number of hydrogen-bond acceptors (Lipinski definition) is 8. The second-order valence-corrected chi connectivity index (χ2v) is 11.5. The highest BCUT2D eigenvalue weighted by Crippen LogP contribution is 2.45. The van der Waals surface area contributed by atoms with Gasteiger partial charge in [-0.05, 0) is 46.6 Å². The summed E-state index contributed by atoms with van der Waals surface area (Å²) in [5, 5.41) is 4.89. The van der Waals surface area contributed by atoms with Crippen LogP contribution < -0.4 is 10.5 Å². The van der Waals surface area contributed by atoms with Gasteiger partial charge in [-0.15, -0.1) is 0 Å². The largest absolute Gasteiger partial charge is 0.444 e. The van der Waals surface area contributed by atoms with E-state index in [0.29, 0.717) is 46.7 Å². The standard InChI is InChI=1S/C24H26FN7O3S/c1-14-11-30-12-15(9-16(25)19(30)26-14)20-28-32-18(33)10-17(27-21(32)36-20)29-7-8-31(24(13-29)5-6-24)22(34)35-23(2,3)4/h9-12H,5-8,13H2,1-4H3. The Labute approximate surface area is 209 Å². The molecule has 0 bridgehead atoms. The van der Waals surface area contributed by atoms with Crippen molar-refractivity contribution in [1.29, 1.82) is 0 Å². The van der Waals surface area contributed by atoms with Gasteiger partial charge in [0.2, 0.25) is 4.96 Å². The Morgan fingerprint density at radius 2 is 1.94 bits per heavy atom. The number of amides is 1. The quantitative estimate of drug-likeness (QED) is 0.406. The number of aryl methyl sites for hydroxylation is 1. The first kappa shape index (κ1) is 22.9. The van der Waals surface area contributed by atoms with Crippen LogP contribution in [-0.4, -0.2) is 65.8 Å². The van der Waals surface area contributed by atoms with Crippen LogP contribution >= 0.6 is 11.3 Å². The minimum atomic E-state index is -0.556. The van der Waals surface area contributed by atoms with Crippen LogP contribution in [0.5, 0.6) is 0 Å². The van der Waals surface area contributed by atoms with Gasteiger partial charge < -0.3 is 14.0 Å². The number of halogens is 1. The normalized spacial score (nSPS) is 17.4. The number of pyridine rings is 1. The van der Waals surface area contributed by atoms with E-state index in [1.165, 1.54) is 28.0 Å². The number of imidazole rings is 1. The number of piperazine rings is 1. The fourth-order valence-electron chi connectivity index (χ4n) is 4.72. The number of carbonyl (C=O) groups excluding carboxylic acids is 1. The smallest absolute Gasteiger partial charge is 0.410 e. The fraction of sp³-hybridized carbons (Fsp3) is 0.458. The van der Waals surface area contributed by atoms with E-state index in [-0.39, 0.29) is 22.8 Å². The van der Waals surface area contributed by atoms with Crippen LogP contribution in [0.3, 0.4) is 0 Å². The van der Waals surface area contributed by atoms with E-state index in [1.807, 2.05) is 25.7 Å². The molecule has 0 atom stereocenters. The molecule has 4 aromatic rings. The molecule has 2 fully saturated rings. The van der Waals surface area contributed by atoms with Gasteiger partial charge in [-0.1, -0.05) is 11.3 Å². The Morgan fingerprint density at radius 1 is 1.17 bits per heavy atom. The number of carbonyl (C=O) groups is 1. The van der Waals surface area contributed by atoms with E-state index in [1.54, 1.807) is 23.7 Å². The summed E-state index contributed by atoms with van der Waals surface area (Å²) < 4.78 is 23.1. The Balaban J connectivity index is 1.30. The van der Waals surface area contributed by atoms with Gasteiger partial charge in [0, 0.05) is 43.7 Å². The first-order chi connectivity index (χ1) is 17.0. The monoisotopic (exact) mass is 511 g/mol. The molecule has 4 aromatic heterocycles. The van der Waals surface area contributed by atoms with Crippen LogP contribution in [0.4, 0.5) is 15.0 Å². The van der Waals surface area contributed by atoms with Crippen molar-refractivity contribution in [3.05, 3.63) is 46.4 Å². The highest BCUT2D eigenvalue weighted by molar-refractivity contribution is 7.19. The molecule has 0 radical (unpaired) electrons. The van der Waals surface area contributed by atoms with Crippen molar-refractivity contribution in [2.24, 2.45) is 0 Å². The number of nitrogens with zero attached hydrogens (tertiary/aromatic N) is 7. The number of anilines is 1. The van der Waals surface area contributed by atoms with Gasteiger partial charge in [-0.3, -0.25) is 9.69 Å². The van der Waals surface area contributed by atoms with Crippen molar-refractivity contribution in [2.45, 2.75) is 51.7 Å². The Bertz CT molecular complexity index is 1580. The summed E-state index contributed by atoms with van der Waals surface area (Å²) in [7, 11) is 0. The lowest BCUT2D eigenvalue weighted by molar-refractivity contribution is 0.0106. The molecule has 6 rings (SSSR count). The van der Waals surface area contributed by atoms with Crippen molar-refractivity contribution >= 4 is 33.9 Å². The van der Waals surface area contributed by atoms with E-state index in [4.69, 9.17) is 9.72 Å². The van der Waals surface area contributed by atoms with Gasteiger partial charge in [0.25, 0.3) is 5.56 Å². The molecule has 0 unspecified atom stereocenters. The average Bonchev–Trinajstić information content (AvgIpc) is 3.23. The summed E-state index contributed by atoms with van der Waals surface area (Å²) in [4.78, 5) is 38.9. The molecule has 1 saturated carbocycles. The molecule has 5 heterocycles. The van der Waals surface area contributed by atoms with Crippen LogP contribution in [-0.2, 0) is 4.74 Å². The van der Waals surface area contributed by atoms with E-state index in [9.17, 15) is 14.0 Å². The van der Waals surface area contributed by atoms with E-state index in [2.05, 4.69) is 15.0 Å². The average molecular weight is 512 g/mol. The summed E-state index contributed by atoms with van der Waals surface area (Å²) >= 11 is 1.22. The molecule has 1 saturated heterocycles. The van der Waals surface area contributed by atoms with E-state index < -0.39 is 11.4 Å². The third kappa shape index (κ3) is 3.89. The van der Waals surface area contributed by atoms with Crippen molar-refractivity contribution in [3.63, 3.8) is 0 Å². The van der Waals surface area contributed by atoms with Crippen LogP contribution in [0.25, 0.3) is 21.2 Å². The Kier molecular flexibility index (Phi) is 4.91. The van der Waals surface area contributed by atoms with E-state index in [0.717, 1.165) is 12.8 Å². The molecule has 1 aliphatic heterocycles. The number of aromatic nitrogens is 5. The number of rotatable bonds is 2. The summed E-state index contributed by atoms with van der Waals surface area (Å²) in [6, 6.07) is 2.84. The third-order valence-electron chi connectivity index (χ3n) is 6.52. The SMILES string of the molecule is Cc1cn2cc(-c3nn4c(=O)cc(N5CCN(C(=O)OC(C)(C)C)C6(CC6)C5)nc4s3)cc(F)c2n1. The topological polar surface area (TPSA) is 97.3 Å². The second-order valence-electron chi connectivity index (χ2n) is 10.5. The number of ether oxygens (including phenoxy) is 1. The molecule has 36 heavy (non-hydrogen) atoms. The highest BCUT2D eigenvalue weighted by atomic mass is 32.1. The molecule has 2 aliphatic rings. The lowest BCUT2D eigenvalue weighted by atomic mass is 10.1. The lowest BCUT2D eigenvalue weighted by Crippen LogP contribution is -2.58. The van der Waals surface area contributed by atoms with Crippen molar-refractivity contribution in [2.75, 3.05) is 24.5 Å². The molecular formula is C24H26FN7O3S. The second kappa shape index (κ2) is 7.73. The van der Waals surface area contributed by atoms with Crippen LogP contribution in [0.2, 0.25) is 0 Å². The van der Waals surface area contributed by atoms with Gasteiger partial charge in [0.1, 0.15) is 16.4 Å². The molecule has 1 spiro atoms. The predicted molar refractivity (Wildman–Crippen MR) is 133 cm³/mol. The third-order valence-corrected chi connectivity index (χ3v) is 7.48. The first-order valence-electron chi connectivity index (χ1n) is 11.8. The predicted octanol–water partition coefficient (Wildman–Crippen LogP) is 3.50. The van der Waals surface area contributed by atoms with Crippen LogP contribution in [0.15, 0.2) is 29.3 Å². The first-order valence-corrected chi connectivity index (χ1v) is 12.6. The summed E-state index contributed by atoms with van der Waals surface area (Å²) in [5.41, 5.74) is 0.336. The molecule has 1 amide bonds. The maximum absolute atomic E-state index is 14.6. The summed E-state index contributed by atoms with van der Waals surface area (Å²) in [5.74, 6) is 0.0932. The van der Waals surface area contributed by atoms with Crippen LogP contribution in [0, 0.1) is 12.7 Å². The molecule has 10 nitrogen and oxygen atoms in total. The molecule has 1 aliphatic carbocycles. The molecule has 0 N–H and O–H groups in total. The molecular weight excluding hydrogens is 485 g/mol. The lowest BCUT2D eigenvalue weighted by Gasteiger charge is -2.42. The minimum absolute atomic E-state index is 0.245.